The zero-order valence-electron chi connectivity index (χ0n) is 20.8. The van der Waals surface area contributed by atoms with E-state index in [4.69, 9.17) is 9.47 Å². The van der Waals surface area contributed by atoms with E-state index in [-0.39, 0.29) is 56.8 Å². The second-order valence-corrected chi connectivity index (χ2v) is 8.10. The van der Waals surface area contributed by atoms with Crippen molar-refractivity contribution in [1.82, 2.24) is 26.2 Å². The van der Waals surface area contributed by atoms with E-state index in [2.05, 4.69) is 21.3 Å². The molecule has 1 saturated heterocycles. The highest BCUT2D eigenvalue weighted by Gasteiger charge is 2.35. The second-order valence-electron chi connectivity index (χ2n) is 8.10. The van der Waals surface area contributed by atoms with Crippen LogP contribution in [0.1, 0.15) is 59.8 Å². The smallest absolute Gasteiger partial charge is 0.407 e. The van der Waals surface area contributed by atoms with Gasteiger partial charge in [0.25, 0.3) is 0 Å². The number of unbranched alkanes of at least 4 members (excludes halogenated alkanes) is 1. The number of nitrogens with zero attached hydrogens (tertiary/aromatic N) is 1. The van der Waals surface area contributed by atoms with Crippen LogP contribution in [0.3, 0.4) is 0 Å². The van der Waals surface area contributed by atoms with E-state index in [1.54, 1.807) is 27.7 Å². The van der Waals surface area contributed by atoms with Gasteiger partial charge >= 0.3 is 12.2 Å². The van der Waals surface area contributed by atoms with Crippen LogP contribution in [0.5, 0.6) is 0 Å². The van der Waals surface area contributed by atoms with Crippen molar-refractivity contribution >= 4 is 35.8 Å². The minimum atomic E-state index is -0.919. The quantitative estimate of drug-likeness (QED) is 0.151. The third-order valence-corrected chi connectivity index (χ3v) is 5.12. The first-order valence-electron chi connectivity index (χ1n) is 11.9. The van der Waals surface area contributed by atoms with Gasteiger partial charge in [-0.3, -0.25) is 24.1 Å². The molecule has 0 spiro atoms. The van der Waals surface area contributed by atoms with Crippen LogP contribution < -0.4 is 21.3 Å². The van der Waals surface area contributed by atoms with Gasteiger partial charge in [0.05, 0.1) is 19.4 Å². The normalized spacial score (nSPS) is 16.8. The highest BCUT2D eigenvalue weighted by atomic mass is 16.6. The Kier molecular flexibility index (Phi) is 13.1. The molecule has 35 heavy (non-hydrogen) atoms. The van der Waals surface area contributed by atoms with Crippen molar-refractivity contribution in [2.45, 2.75) is 72.0 Å². The summed E-state index contributed by atoms with van der Waals surface area (Å²) in [5, 5.41) is 10.3. The molecule has 0 saturated carbocycles. The summed E-state index contributed by atoms with van der Waals surface area (Å²) < 4.78 is 9.62. The third-order valence-electron chi connectivity index (χ3n) is 5.12. The number of hydrogen-bond acceptors (Lipinski definition) is 8. The van der Waals surface area contributed by atoms with Crippen molar-refractivity contribution < 1.29 is 38.2 Å². The van der Waals surface area contributed by atoms with Gasteiger partial charge in [-0.2, -0.15) is 0 Å². The van der Waals surface area contributed by atoms with Gasteiger partial charge in [-0.15, -0.1) is 0 Å². The number of likely N-dealkylation sites (tertiary alicyclic amines) is 1. The molecule has 0 bridgehead atoms. The molecule has 6 amide bonds. The molecular formula is C22H37N5O8. The Hall–Kier alpha value is -3.38. The standard InChI is InChI=1S/C22H37N5O8/c1-5-34-21(32)23-11-8-7-9-16(26-22(33)35-6-2)19(30)25-15(4)24-17(28)10-12-27-18(29)13-14(3)20(27)31/h14-16H,5-13H2,1-4H3,(H,23,32)(H,24,28)(H,25,30)(H,26,33). The largest absolute Gasteiger partial charge is 0.450 e. The lowest BCUT2D eigenvalue weighted by atomic mass is 10.1. The Labute approximate surface area is 205 Å². The molecule has 0 aromatic rings. The first-order chi connectivity index (χ1) is 16.6. The third kappa shape index (κ3) is 11.1. The highest BCUT2D eigenvalue weighted by molar-refractivity contribution is 6.03. The number of carbonyl (C=O) groups excluding carboxylic acids is 6. The summed E-state index contributed by atoms with van der Waals surface area (Å²) in [5.41, 5.74) is 0. The number of rotatable bonds is 14. The maximum Gasteiger partial charge on any atom is 0.407 e. The van der Waals surface area contributed by atoms with Gasteiger partial charge in [0.1, 0.15) is 6.04 Å². The van der Waals surface area contributed by atoms with Crippen LogP contribution >= 0.6 is 0 Å². The lowest BCUT2D eigenvalue weighted by molar-refractivity contribution is -0.139. The lowest BCUT2D eigenvalue weighted by Crippen LogP contribution is -2.53. The predicted octanol–water partition coefficient (Wildman–Crippen LogP) is 0.381. The maximum atomic E-state index is 12.7. The molecule has 0 radical (unpaired) electrons. The Morgan fingerprint density at radius 1 is 1.00 bits per heavy atom. The molecule has 13 nitrogen and oxygen atoms in total. The van der Waals surface area contributed by atoms with Gasteiger partial charge in [-0.25, -0.2) is 9.59 Å². The summed E-state index contributed by atoms with van der Waals surface area (Å²) in [6.07, 6.45) is -0.668. The number of ether oxygens (including phenoxy) is 2. The molecule has 4 N–H and O–H groups in total. The van der Waals surface area contributed by atoms with E-state index in [9.17, 15) is 28.8 Å². The number of carbonyl (C=O) groups is 6. The molecule has 1 aliphatic heterocycles. The van der Waals surface area contributed by atoms with E-state index in [0.29, 0.717) is 19.4 Å². The van der Waals surface area contributed by atoms with E-state index in [0.717, 1.165) is 4.90 Å². The Balaban J connectivity index is 2.50. The molecule has 198 valence electrons. The van der Waals surface area contributed by atoms with Crippen LogP contribution in [-0.2, 0) is 28.7 Å². The van der Waals surface area contributed by atoms with E-state index < -0.39 is 36.2 Å². The molecule has 1 rings (SSSR count). The van der Waals surface area contributed by atoms with Crippen molar-refractivity contribution in [3.63, 3.8) is 0 Å². The fourth-order valence-corrected chi connectivity index (χ4v) is 3.39. The number of amides is 6. The molecule has 13 heteroatoms. The van der Waals surface area contributed by atoms with Gasteiger partial charge in [0.2, 0.25) is 23.6 Å². The van der Waals surface area contributed by atoms with E-state index in [1.807, 2.05) is 0 Å². The summed E-state index contributed by atoms with van der Waals surface area (Å²) in [4.78, 5) is 72.9. The van der Waals surface area contributed by atoms with Crippen LogP contribution in [0.25, 0.3) is 0 Å². The maximum absolute atomic E-state index is 12.7. The van der Waals surface area contributed by atoms with Crippen molar-refractivity contribution in [1.29, 1.82) is 0 Å². The molecule has 3 unspecified atom stereocenters. The molecule has 3 atom stereocenters. The van der Waals surface area contributed by atoms with Crippen LogP contribution in [0, 0.1) is 5.92 Å². The summed E-state index contributed by atoms with van der Waals surface area (Å²) in [7, 11) is 0. The Bertz CT molecular complexity index is 775. The SMILES string of the molecule is CCOC(=O)NCCCCC(NC(=O)OCC)C(=O)NC(C)NC(=O)CCN1C(=O)CC(C)C1=O. The molecule has 0 aromatic heterocycles. The van der Waals surface area contributed by atoms with Gasteiger partial charge in [-0.1, -0.05) is 6.92 Å². The Morgan fingerprint density at radius 2 is 1.66 bits per heavy atom. The fraction of sp³-hybridized carbons (Fsp3) is 0.727. The molecule has 1 fully saturated rings. The van der Waals surface area contributed by atoms with Gasteiger partial charge in [0, 0.05) is 31.8 Å². The minimum absolute atomic E-state index is 0.0264. The molecule has 0 aromatic carbocycles. The summed E-state index contributed by atoms with van der Waals surface area (Å²) in [6.45, 7) is 7.27. The number of nitrogens with one attached hydrogen (secondary N) is 4. The molecule has 1 aliphatic rings. The van der Waals surface area contributed by atoms with Crippen molar-refractivity contribution in [2.75, 3.05) is 26.3 Å². The summed E-state index contributed by atoms with van der Waals surface area (Å²) in [6, 6.07) is -0.919. The number of imide groups is 1. The monoisotopic (exact) mass is 499 g/mol. The number of alkyl carbamates (subject to hydrolysis) is 2. The fourth-order valence-electron chi connectivity index (χ4n) is 3.39. The van der Waals surface area contributed by atoms with Gasteiger partial charge in [0.15, 0.2) is 0 Å². The van der Waals surface area contributed by atoms with Gasteiger partial charge in [-0.05, 0) is 40.0 Å². The average Bonchev–Trinajstić information content (AvgIpc) is 3.02. The van der Waals surface area contributed by atoms with Gasteiger partial charge < -0.3 is 30.7 Å². The van der Waals surface area contributed by atoms with Crippen LogP contribution in [0.4, 0.5) is 9.59 Å². The zero-order chi connectivity index (χ0) is 26.4. The number of hydrogen-bond donors (Lipinski definition) is 4. The van der Waals surface area contributed by atoms with E-state index in [1.165, 1.54) is 0 Å². The minimum Gasteiger partial charge on any atom is -0.450 e. The van der Waals surface area contributed by atoms with Crippen molar-refractivity contribution in [2.24, 2.45) is 5.92 Å². The summed E-state index contributed by atoms with van der Waals surface area (Å²) >= 11 is 0. The van der Waals surface area contributed by atoms with Crippen molar-refractivity contribution in [3.05, 3.63) is 0 Å². The Morgan fingerprint density at radius 3 is 2.26 bits per heavy atom. The molecule has 0 aliphatic carbocycles. The summed E-state index contributed by atoms with van der Waals surface area (Å²) in [5.74, 6) is -1.95. The highest BCUT2D eigenvalue weighted by Crippen LogP contribution is 2.18. The first kappa shape index (κ1) is 29.7. The lowest BCUT2D eigenvalue weighted by Gasteiger charge is -2.22. The van der Waals surface area contributed by atoms with E-state index >= 15 is 0 Å². The second kappa shape index (κ2) is 15.5. The molecule has 1 heterocycles. The molecular weight excluding hydrogens is 462 g/mol. The zero-order valence-corrected chi connectivity index (χ0v) is 20.8. The van der Waals surface area contributed by atoms with Crippen molar-refractivity contribution in [3.8, 4) is 0 Å². The topological polar surface area (TPSA) is 172 Å². The predicted molar refractivity (Wildman–Crippen MR) is 124 cm³/mol. The van der Waals surface area contributed by atoms with Crippen LogP contribution in [0.15, 0.2) is 0 Å². The average molecular weight is 500 g/mol. The first-order valence-corrected chi connectivity index (χ1v) is 11.9. The van der Waals surface area contributed by atoms with Crippen LogP contribution in [-0.4, -0.2) is 79.2 Å². The van der Waals surface area contributed by atoms with Crippen LogP contribution in [0.2, 0.25) is 0 Å².